The van der Waals surface area contributed by atoms with Crippen molar-refractivity contribution in [3.8, 4) is 0 Å². The van der Waals surface area contributed by atoms with Gasteiger partial charge in [-0.2, -0.15) is 5.10 Å². The molecule has 7 heteroatoms. The smallest absolute Gasteiger partial charge is 0.280 e. The highest BCUT2D eigenvalue weighted by atomic mass is 35.5. The number of benzene rings is 2. The molecule has 154 valence electrons. The minimum absolute atomic E-state index is 0.0883. The van der Waals surface area contributed by atoms with E-state index in [-0.39, 0.29) is 5.56 Å². The van der Waals surface area contributed by atoms with Crippen LogP contribution in [0.15, 0.2) is 58.5 Å². The van der Waals surface area contributed by atoms with Gasteiger partial charge in [0.25, 0.3) is 5.56 Å². The predicted molar refractivity (Wildman–Crippen MR) is 123 cm³/mol. The molecular weight excluding hydrogens is 416 g/mol. The van der Waals surface area contributed by atoms with Crippen LogP contribution in [0, 0.1) is 13.8 Å². The molecule has 0 saturated carbocycles. The van der Waals surface area contributed by atoms with Gasteiger partial charge in [0.1, 0.15) is 5.52 Å². The van der Waals surface area contributed by atoms with Crippen LogP contribution in [-0.4, -0.2) is 19.3 Å². The Kier molecular flexibility index (Phi) is 5.97. The molecule has 5 nitrogen and oxygen atoms in total. The molecule has 2 aromatic carbocycles. The van der Waals surface area contributed by atoms with Crippen LogP contribution < -0.4 is 5.56 Å². The molecule has 2 heterocycles. The van der Waals surface area contributed by atoms with Crippen molar-refractivity contribution in [3.05, 3.63) is 86.3 Å². The zero-order valence-electron chi connectivity index (χ0n) is 17.2. The highest BCUT2D eigenvalue weighted by Crippen LogP contribution is 2.26. The van der Waals surface area contributed by atoms with E-state index < -0.39 is 0 Å². The number of nitrogens with zero attached hydrogens (tertiary/aromatic N) is 4. The number of halogens is 1. The predicted octanol–water partition coefficient (Wildman–Crippen LogP) is 5.22. The van der Waals surface area contributed by atoms with Gasteiger partial charge in [0.2, 0.25) is 0 Å². The lowest BCUT2D eigenvalue weighted by atomic mass is 10.1. The van der Waals surface area contributed by atoms with Gasteiger partial charge in [-0.3, -0.25) is 14.0 Å². The van der Waals surface area contributed by atoms with E-state index in [4.69, 9.17) is 16.6 Å². The van der Waals surface area contributed by atoms with Gasteiger partial charge in [-0.15, -0.1) is 0 Å². The Morgan fingerprint density at radius 1 is 1.03 bits per heavy atom. The maximum absolute atomic E-state index is 13.5. The van der Waals surface area contributed by atoms with E-state index in [0.29, 0.717) is 34.3 Å². The molecule has 0 fully saturated rings. The molecule has 0 amide bonds. The number of aromatic nitrogens is 4. The summed E-state index contributed by atoms with van der Waals surface area (Å²) in [4.78, 5) is 18.4. The van der Waals surface area contributed by atoms with Gasteiger partial charge in [-0.25, -0.2) is 4.98 Å². The number of thioether (sulfide) groups is 1. The lowest BCUT2D eigenvalue weighted by Crippen LogP contribution is -2.25. The van der Waals surface area contributed by atoms with E-state index in [9.17, 15) is 4.79 Å². The number of hydrogen-bond acceptors (Lipinski definition) is 4. The number of aryl methyl sites for hydroxylation is 3. The Morgan fingerprint density at radius 2 is 1.73 bits per heavy atom. The third-order valence-corrected chi connectivity index (χ3v) is 6.58. The zero-order valence-corrected chi connectivity index (χ0v) is 18.8. The SMILES string of the molecule is CCn1nc(C)c2nc(SCc3ccccc3C)n(Cc3ccccc3Cl)c(=O)c21. The van der Waals surface area contributed by atoms with Gasteiger partial charge in [0, 0.05) is 17.3 Å². The molecular formula is C23H23ClN4OS. The van der Waals surface area contributed by atoms with E-state index in [1.807, 2.05) is 50.2 Å². The van der Waals surface area contributed by atoms with E-state index >= 15 is 0 Å². The second-order valence-corrected chi connectivity index (χ2v) is 8.54. The fourth-order valence-corrected chi connectivity index (χ4v) is 4.74. The first-order valence-corrected chi connectivity index (χ1v) is 11.2. The average molecular weight is 439 g/mol. The standard InChI is InChI=1S/C23H23ClN4OS/c1-4-28-21-20(16(3)26-28)25-23(30-14-18-11-6-5-9-15(18)2)27(22(21)29)13-17-10-7-8-12-19(17)24/h5-12H,4,13-14H2,1-3H3. The quantitative estimate of drug-likeness (QED) is 0.306. The minimum atomic E-state index is -0.0883. The van der Waals surface area contributed by atoms with Crippen molar-refractivity contribution < 1.29 is 0 Å². The largest absolute Gasteiger partial charge is 0.281 e. The third-order valence-electron chi connectivity index (χ3n) is 5.19. The number of hydrogen-bond donors (Lipinski definition) is 0. The number of rotatable bonds is 6. The van der Waals surface area contributed by atoms with Crippen molar-refractivity contribution in [2.45, 2.75) is 44.8 Å². The molecule has 0 aliphatic rings. The molecule has 0 N–H and O–H groups in total. The van der Waals surface area contributed by atoms with E-state index in [0.717, 1.165) is 17.0 Å². The molecule has 4 rings (SSSR count). The third kappa shape index (κ3) is 3.89. The van der Waals surface area contributed by atoms with E-state index in [2.05, 4.69) is 24.2 Å². The van der Waals surface area contributed by atoms with E-state index in [1.54, 1.807) is 21.0 Å². The fourth-order valence-electron chi connectivity index (χ4n) is 3.48. The summed E-state index contributed by atoms with van der Waals surface area (Å²) < 4.78 is 3.46. The fraction of sp³-hybridized carbons (Fsp3) is 0.261. The summed E-state index contributed by atoms with van der Waals surface area (Å²) in [6.45, 7) is 6.95. The van der Waals surface area contributed by atoms with Crippen LogP contribution in [0.5, 0.6) is 0 Å². The molecule has 0 aliphatic carbocycles. The maximum atomic E-state index is 13.5. The highest BCUT2D eigenvalue weighted by molar-refractivity contribution is 7.98. The van der Waals surface area contributed by atoms with Gasteiger partial charge in [0.15, 0.2) is 10.7 Å². The van der Waals surface area contributed by atoms with E-state index in [1.165, 1.54) is 11.1 Å². The molecule has 0 aliphatic heterocycles. The lowest BCUT2D eigenvalue weighted by Gasteiger charge is -2.14. The summed E-state index contributed by atoms with van der Waals surface area (Å²) in [6, 6.07) is 15.9. The molecule has 0 atom stereocenters. The Bertz CT molecular complexity index is 1280. The molecule has 0 radical (unpaired) electrons. The van der Waals surface area contributed by atoms with Crippen LogP contribution in [0.25, 0.3) is 11.0 Å². The summed E-state index contributed by atoms with van der Waals surface area (Å²) in [5.74, 6) is 0.730. The van der Waals surface area contributed by atoms with Gasteiger partial charge in [0.05, 0.1) is 12.2 Å². The molecule has 30 heavy (non-hydrogen) atoms. The minimum Gasteiger partial charge on any atom is -0.281 e. The molecule has 2 aromatic heterocycles. The molecule has 0 bridgehead atoms. The lowest BCUT2D eigenvalue weighted by molar-refractivity contribution is 0.636. The summed E-state index contributed by atoms with van der Waals surface area (Å²) in [6.07, 6.45) is 0. The topological polar surface area (TPSA) is 52.7 Å². The van der Waals surface area contributed by atoms with Crippen LogP contribution in [0.2, 0.25) is 5.02 Å². The van der Waals surface area contributed by atoms with Gasteiger partial charge in [-0.1, -0.05) is 65.8 Å². The average Bonchev–Trinajstić information content (AvgIpc) is 3.07. The Morgan fingerprint density at radius 3 is 2.43 bits per heavy atom. The van der Waals surface area contributed by atoms with Crippen molar-refractivity contribution in [1.29, 1.82) is 0 Å². The van der Waals surface area contributed by atoms with Crippen LogP contribution in [0.4, 0.5) is 0 Å². The number of fused-ring (bicyclic) bond motifs is 1. The second-order valence-electron chi connectivity index (χ2n) is 7.19. The van der Waals surface area contributed by atoms with Crippen molar-refractivity contribution in [3.63, 3.8) is 0 Å². The normalized spacial score (nSPS) is 11.3. The van der Waals surface area contributed by atoms with Crippen LogP contribution in [0.1, 0.15) is 29.3 Å². The first-order valence-electron chi connectivity index (χ1n) is 9.88. The highest BCUT2D eigenvalue weighted by Gasteiger charge is 2.19. The van der Waals surface area contributed by atoms with Crippen molar-refractivity contribution in [2.75, 3.05) is 0 Å². The Hall–Kier alpha value is -2.57. The zero-order chi connectivity index (χ0) is 21.3. The van der Waals surface area contributed by atoms with Gasteiger partial charge < -0.3 is 0 Å². The second kappa shape index (κ2) is 8.66. The van der Waals surface area contributed by atoms with Crippen LogP contribution >= 0.6 is 23.4 Å². The van der Waals surface area contributed by atoms with Crippen molar-refractivity contribution >= 4 is 34.4 Å². The summed E-state index contributed by atoms with van der Waals surface area (Å²) in [5, 5.41) is 5.83. The van der Waals surface area contributed by atoms with Crippen molar-refractivity contribution in [2.24, 2.45) is 0 Å². The first-order chi connectivity index (χ1) is 14.5. The first kappa shape index (κ1) is 20.7. The summed E-state index contributed by atoms with van der Waals surface area (Å²) in [5.41, 5.74) is 5.23. The summed E-state index contributed by atoms with van der Waals surface area (Å²) >= 11 is 7.96. The van der Waals surface area contributed by atoms with Crippen LogP contribution in [0.3, 0.4) is 0 Å². The monoisotopic (exact) mass is 438 g/mol. The Labute approximate surface area is 184 Å². The molecule has 0 saturated heterocycles. The van der Waals surface area contributed by atoms with Crippen LogP contribution in [-0.2, 0) is 18.8 Å². The molecule has 4 aromatic rings. The maximum Gasteiger partial charge on any atom is 0.280 e. The molecule has 0 unspecified atom stereocenters. The van der Waals surface area contributed by atoms with Gasteiger partial charge >= 0.3 is 0 Å². The Balaban J connectivity index is 1.84. The summed E-state index contributed by atoms with van der Waals surface area (Å²) in [7, 11) is 0. The van der Waals surface area contributed by atoms with Crippen molar-refractivity contribution in [1.82, 2.24) is 19.3 Å². The molecule has 0 spiro atoms. The van der Waals surface area contributed by atoms with Gasteiger partial charge in [-0.05, 0) is 43.5 Å².